The first-order valence-corrected chi connectivity index (χ1v) is 8.95. The van der Waals surface area contributed by atoms with Gasteiger partial charge in [0.05, 0.1) is 12.4 Å². The highest BCUT2D eigenvalue weighted by atomic mass is 32.2. The van der Waals surface area contributed by atoms with Crippen molar-refractivity contribution >= 4 is 17.7 Å². The number of ether oxygens (including phenoxy) is 1. The second-order valence-corrected chi connectivity index (χ2v) is 6.52. The van der Waals surface area contributed by atoms with E-state index in [-0.39, 0.29) is 11.9 Å². The first-order valence-electron chi connectivity index (χ1n) is 7.97. The van der Waals surface area contributed by atoms with Crippen molar-refractivity contribution in [3.63, 3.8) is 0 Å². The summed E-state index contributed by atoms with van der Waals surface area (Å²) in [5, 5.41) is 12.2. The topological polar surface area (TPSA) is 69.0 Å². The molecule has 130 valence electrons. The lowest BCUT2D eigenvalue weighted by Gasteiger charge is -2.12. The minimum absolute atomic E-state index is 0.00493. The molecule has 2 aromatic rings. The standard InChI is InChI=1S/C17H24N4O2S/c1-5-21-16(14-9-7-6-8-12(14)2)19-20-17(21)24-11-15(22)18-13(3)10-23-4/h6-9,13H,5,10-11H2,1-4H3,(H,18,22). The molecule has 0 spiro atoms. The van der Waals surface area contributed by atoms with Crippen molar-refractivity contribution in [1.29, 1.82) is 0 Å². The van der Waals surface area contributed by atoms with Gasteiger partial charge in [-0.3, -0.25) is 4.79 Å². The first kappa shape index (κ1) is 18.5. The van der Waals surface area contributed by atoms with Gasteiger partial charge in [-0.05, 0) is 26.3 Å². The SMILES string of the molecule is CCn1c(SCC(=O)NC(C)COC)nnc1-c1ccccc1C. The Morgan fingerprint density at radius 1 is 1.38 bits per heavy atom. The van der Waals surface area contributed by atoms with Gasteiger partial charge in [-0.1, -0.05) is 36.0 Å². The molecule has 1 unspecified atom stereocenters. The molecule has 0 fully saturated rings. The van der Waals surface area contributed by atoms with Gasteiger partial charge >= 0.3 is 0 Å². The number of methoxy groups -OCH3 is 1. The lowest BCUT2D eigenvalue weighted by molar-refractivity contribution is -0.119. The number of amides is 1. The van der Waals surface area contributed by atoms with E-state index in [1.165, 1.54) is 11.8 Å². The zero-order chi connectivity index (χ0) is 17.5. The number of carbonyl (C=O) groups excluding carboxylic acids is 1. The van der Waals surface area contributed by atoms with Gasteiger partial charge in [0, 0.05) is 25.3 Å². The summed E-state index contributed by atoms with van der Waals surface area (Å²) in [7, 11) is 1.62. The maximum atomic E-state index is 12.0. The van der Waals surface area contributed by atoms with Gasteiger partial charge in [0.25, 0.3) is 0 Å². The molecule has 1 aromatic heterocycles. The normalized spacial score (nSPS) is 12.2. The third kappa shape index (κ3) is 4.58. The van der Waals surface area contributed by atoms with Crippen LogP contribution in [0.2, 0.25) is 0 Å². The zero-order valence-corrected chi connectivity index (χ0v) is 15.4. The molecular weight excluding hydrogens is 324 g/mol. The van der Waals surface area contributed by atoms with E-state index in [2.05, 4.69) is 35.4 Å². The van der Waals surface area contributed by atoms with Gasteiger partial charge in [0.2, 0.25) is 5.91 Å². The van der Waals surface area contributed by atoms with Gasteiger partial charge in [-0.25, -0.2) is 0 Å². The van der Waals surface area contributed by atoms with E-state index in [1.54, 1.807) is 7.11 Å². The predicted octanol–water partition coefficient (Wildman–Crippen LogP) is 2.52. The fraction of sp³-hybridized carbons (Fsp3) is 0.471. The number of carbonyl (C=O) groups is 1. The van der Waals surface area contributed by atoms with Crippen LogP contribution in [0.1, 0.15) is 19.4 Å². The highest BCUT2D eigenvalue weighted by Gasteiger charge is 2.16. The van der Waals surface area contributed by atoms with E-state index in [1.807, 2.05) is 29.7 Å². The molecule has 0 saturated carbocycles. The largest absolute Gasteiger partial charge is 0.383 e. The highest BCUT2D eigenvalue weighted by molar-refractivity contribution is 7.99. The molecule has 7 heteroatoms. The Hall–Kier alpha value is -1.86. The van der Waals surface area contributed by atoms with E-state index in [9.17, 15) is 4.79 Å². The Morgan fingerprint density at radius 3 is 2.79 bits per heavy atom. The van der Waals surface area contributed by atoms with Crippen molar-refractivity contribution in [3.05, 3.63) is 29.8 Å². The van der Waals surface area contributed by atoms with Crippen molar-refractivity contribution in [2.75, 3.05) is 19.5 Å². The van der Waals surface area contributed by atoms with Crippen LogP contribution in [0.4, 0.5) is 0 Å². The number of aryl methyl sites for hydroxylation is 1. The fourth-order valence-corrected chi connectivity index (χ4v) is 3.26. The summed E-state index contributed by atoms with van der Waals surface area (Å²) in [6, 6.07) is 8.09. The van der Waals surface area contributed by atoms with Gasteiger partial charge in [0.1, 0.15) is 0 Å². The average Bonchev–Trinajstić information content (AvgIpc) is 2.96. The highest BCUT2D eigenvalue weighted by Crippen LogP contribution is 2.26. The fourth-order valence-electron chi connectivity index (χ4n) is 2.44. The summed E-state index contributed by atoms with van der Waals surface area (Å²) < 4.78 is 7.06. The number of hydrogen-bond acceptors (Lipinski definition) is 5. The molecule has 24 heavy (non-hydrogen) atoms. The van der Waals surface area contributed by atoms with Gasteiger partial charge in [-0.15, -0.1) is 10.2 Å². The quantitative estimate of drug-likeness (QED) is 0.743. The Labute approximate surface area is 147 Å². The Bertz CT molecular complexity index is 687. The molecule has 0 bridgehead atoms. The van der Waals surface area contributed by atoms with E-state index in [0.717, 1.165) is 28.7 Å². The number of nitrogens with one attached hydrogen (secondary N) is 1. The summed E-state index contributed by atoms with van der Waals surface area (Å²) in [5.74, 6) is 1.11. The predicted molar refractivity (Wildman–Crippen MR) is 96.1 cm³/mol. The van der Waals surface area contributed by atoms with Crippen molar-refractivity contribution in [1.82, 2.24) is 20.1 Å². The number of aromatic nitrogens is 3. The van der Waals surface area contributed by atoms with Crippen LogP contribution in [-0.2, 0) is 16.1 Å². The number of benzene rings is 1. The third-order valence-corrected chi connectivity index (χ3v) is 4.54. The molecule has 0 saturated heterocycles. The summed E-state index contributed by atoms with van der Waals surface area (Å²) in [6.45, 7) is 7.27. The van der Waals surface area contributed by atoms with E-state index in [4.69, 9.17) is 4.74 Å². The Balaban J connectivity index is 2.07. The Kier molecular flexibility index (Phi) is 6.81. The van der Waals surface area contributed by atoms with Crippen LogP contribution in [0.15, 0.2) is 29.4 Å². The molecule has 1 aromatic carbocycles. The van der Waals surface area contributed by atoms with Crippen LogP contribution in [0.5, 0.6) is 0 Å². The lowest BCUT2D eigenvalue weighted by atomic mass is 10.1. The molecular formula is C17H24N4O2S. The zero-order valence-electron chi connectivity index (χ0n) is 14.6. The molecule has 0 radical (unpaired) electrons. The van der Waals surface area contributed by atoms with E-state index < -0.39 is 0 Å². The average molecular weight is 348 g/mol. The number of nitrogens with zero attached hydrogens (tertiary/aromatic N) is 3. The van der Waals surface area contributed by atoms with Crippen molar-refractivity contribution in [3.8, 4) is 11.4 Å². The van der Waals surface area contributed by atoms with Crippen LogP contribution in [-0.4, -0.2) is 46.2 Å². The number of thioether (sulfide) groups is 1. The van der Waals surface area contributed by atoms with Gasteiger partial charge < -0.3 is 14.6 Å². The first-order chi connectivity index (χ1) is 11.6. The van der Waals surface area contributed by atoms with E-state index in [0.29, 0.717) is 12.4 Å². The second kappa shape index (κ2) is 8.84. The minimum Gasteiger partial charge on any atom is -0.383 e. The number of rotatable bonds is 8. The van der Waals surface area contributed by atoms with Crippen LogP contribution < -0.4 is 5.32 Å². The number of hydrogen-bond donors (Lipinski definition) is 1. The van der Waals surface area contributed by atoms with Gasteiger partial charge in [0.15, 0.2) is 11.0 Å². The maximum Gasteiger partial charge on any atom is 0.230 e. The molecule has 6 nitrogen and oxygen atoms in total. The van der Waals surface area contributed by atoms with Crippen LogP contribution >= 0.6 is 11.8 Å². The van der Waals surface area contributed by atoms with E-state index >= 15 is 0 Å². The summed E-state index contributed by atoms with van der Waals surface area (Å²) in [5.41, 5.74) is 2.22. The van der Waals surface area contributed by atoms with Crippen LogP contribution in [0, 0.1) is 6.92 Å². The summed E-state index contributed by atoms with van der Waals surface area (Å²) >= 11 is 1.40. The monoisotopic (exact) mass is 348 g/mol. The summed E-state index contributed by atoms with van der Waals surface area (Å²) in [6.07, 6.45) is 0. The molecule has 1 amide bonds. The minimum atomic E-state index is -0.0346. The second-order valence-electron chi connectivity index (χ2n) is 5.58. The van der Waals surface area contributed by atoms with Crippen molar-refractivity contribution in [2.45, 2.75) is 38.5 Å². The molecule has 0 aliphatic carbocycles. The lowest BCUT2D eigenvalue weighted by Crippen LogP contribution is -2.36. The molecule has 0 aliphatic rings. The molecule has 1 N–H and O–H groups in total. The van der Waals surface area contributed by atoms with Gasteiger partial charge in [-0.2, -0.15) is 0 Å². The Morgan fingerprint density at radius 2 is 2.12 bits per heavy atom. The maximum absolute atomic E-state index is 12.0. The van der Waals surface area contributed by atoms with Crippen LogP contribution in [0.25, 0.3) is 11.4 Å². The smallest absolute Gasteiger partial charge is 0.230 e. The van der Waals surface area contributed by atoms with Crippen LogP contribution in [0.3, 0.4) is 0 Å². The molecule has 2 rings (SSSR count). The van der Waals surface area contributed by atoms with Crippen molar-refractivity contribution < 1.29 is 9.53 Å². The molecule has 0 aliphatic heterocycles. The molecule has 1 atom stereocenters. The van der Waals surface area contributed by atoms with Crippen molar-refractivity contribution in [2.24, 2.45) is 0 Å². The third-order valence-electron chi connectivity index (χ3n) is 3.58. The molecule has 1 heterocycles. The summed E-state index contributed by atoms with van der Waals surface area (Å²) in [4.78, 5) is 12.0.